The summed E-state index contributed by atoms with van der Waals surface area (Å²) in [4.78, 5) is 5.39. The van der Waals surface area contributed by atoms with E-state index in [9.17, 15) is 8.42 Å². The first-order valence-corrected chi connectivity index (χ1v) is 8.84. The Bertz CT molecular complexity index is 710. The Morgan fingerprint density at radius 1 is 1.50 bits per heavy atom. The maximum Gasteiger partial charge on any atom is 0.283 e. The molecule has 2 aromatic heterocycles. The van der Waals surface area contributed by atoms with Crippen LogP contribution in [-0.4, -0.2) is 34.9 Å². The third-order valence-electron chi connectivity index (χ3n) is 2.82. The van der Waals surface area contributed by atoms with Crippen molar-refractivity contribution < 1.29 is 8.42 Å². The van der Waals surface area contributed by atoms with Crippen molar-refractivity contribution >= 4 is 42.4 Å². The SMILES string of the molecule is Cn1nnc(Br)c1S(=O)(=O)Nc1nc2c(s1)CNCC2. The second-order valence-electron chi connectivity index (χ2n) is 4.23. The molecule has 1 aliphatic heterocycles. The van der Waals surface area contributed by atoms with E-state index in [1.54, 1.807) is 0 Å². The summed E-state index contributed by atoms with van der Waals surface area (Å²) in [5.41, 5.74) is 0.952. The standard InChI is InChI=1S/C9H11BrN6O2S2/c1-16-8(7(10)13-15-16)20(17,18)14-9-12-5-2-3-11-4-6(5)19-9/h11H,2-4H2,1H3,(H,12,14). The van der Waals surface area contributed by atoms with E-state index in [2.05, 4.69) is 41.3 Å². The van der Waals surface area contributed by atoms with Crippen LogP contribution < -0.4 is 10.0 Å². The number of aryl methyl sites for hydroxylation is 1. The molecule has 2 aromatic rings. The molecule has 1 aliphatic rings. The molecule has 0 aromatic carbocycles. The molecule has 0 radical (unpaired) electrons. The van der Waals surface area contributed by atoms with Crippen LogP contribution in [0.2, 0.25) is 0 Å². The van der Waals surface area contributed by atoms with Gasteiger partial charge in [-0.15, -0.1) is 5.10 Å². The van der Waals surface area contributed by atoms with Gasteiger partial charge in [-0.2, -0.15) is 8.42 Å². The van der Waals surface area contributed by atoms with E-state index in [1.807, 2.05) is 0 Å². The van der Waals surface area contributed by atoms with Crippen molar-refractivity contribution in [2.45, 2.75) is 18.0 Å². The van der Waals surface area contributed by atoms with Gasteiger partial charge < -0.3 is 5.32 Å². The van der Waals surface area contributed by atoms with Gasteiger partial charge in [-0.1, -0.05) is 16.6 Å². The number of nitrogens with one attached hydrogen (secondary N) is 2. The molecule has 8 nitrogen and oxygen atoms in total. The number of thiazole rings is 1. The summed E-state index contributed by atoms with van der Waals surface area (Å²) in [5, 5.41) is 10.9. The molecular weight excluding hydrogens is 368 g/mol. The topological polar surface area (TPSA) is 102 Å². The molecule has 20 heavy (non-hydrogen) atoms. The summed E-state index contributed by atoms with van der Waals surface area (Å²) < 4.78 is 28.5. The van der Waals surface area contributed by atoms with E-state index >= 15 is 0 Å². The third-order valence-corrected chi connectivity index (χ3v) is 6.18. The molecule has 0 bridgehead atoms. The van der Waals surface area contributed by atoms with E-state index in [4.69, 9.17) is 0 Å². The van der Waals surface area contributed by atoms with Gasteiger partial charge in [0.05, 0.1) is 5.69 Å². The Labute approximate surface area is 127 Å². The van der Waals surface area contributed by atoms with Gasteiger partial charge in [0.15, 0.2) is 9.73 Å². The Morgan fingerprint density at radius 2 is 2.30 bits per heavy atom. The van der Waals surface area contributed by atoms with Gasteiger partial charge in [-0.25, -0.2) is 9.67 Å². The number of sulfonamides is 1. The third kappa shape index (κ3) is 2.45. The average molecular weight is 379 g/mol. The zero-order valence-corrected chi connectivity index (χ0v) is 13.6. The van der Waals surface area contributed by atoms with Gasteiger partial charge in [0.2, 0.25) is 5.03 Å². The molecule has 3 heterocycles. The Hall–Kier alpha value is -1.04. The minimum atomic E-state index is -3.76. The summed E-state index contributed by atoms with van der Waals surface area (Å²) >= 11 is 4.42. The van der Waals surface area contributed by atoms with Crippen LogP contribution in [0, 0.1) is 0 Å². The molecule has 3 rings (SSSR count). The molecule has 0 unspecified atom stereocenters. The smallest absolute Gasteiger partial charge is 0.283 e. The second-order valence-corrected chi connectivity index (χ2v) is 7.66. The zero-order chi connectivity index (χ0) is 14.3. The Morgan fingerprint density at radius 3 is 2.95 bits per heavy atom. The first-order valence-electron chi connectivity index (χ1n) is 5.74. The molecule has 0 saturated heterocycles. The van der Waals surface area contributed by atoms with E-state index in [1.165, 1.54) is 23.1 Å². The molecular formula is C9H11BrN6O2S2. The van der Waals surface area contributed by atoms with Gasteiger partial charge in [0, 0.05) is 31.4 Å². The van der Waals surface area contributed by atoms with Crippen molar-refractivity contribution in [3.05, 3.63) is 15.2 Å². The van der Waals surface area contributed by atoms with Crippen molar-refractivity contribution in [3.8, 4) is 0 Å². The summed E-state index contributed by atoms with van der Waals surface area (Å²) in [6, 6.07) is 0. The van der Waals surface area contributed by atoms with Gasteiger partial charge in [0.25, 0.3) is 10.0 Å². The number of anilines is 1. The van der Waals surface area contributed by atoms with Crippen LogP contribution in [0.15, 0.2) is 9.63 Å². The van der Waals surface area contributed by atoms with Crippen LogP contribution >= 0.6 is 27.3 Å². The van der Waals surface area contributed by atoms with Crippen LogP contribution in [-0.2, 0) is 30.0 Å². The molecule has 108 valence electrons. The average Bonchev–Trinajstić information content (AvgIpc) is 2.91. The minimum Gasteiger partial charge on any atom is -0.311 e. The van der Waals surface area contributed by atoms with Crippen molar-refractivity contribution in [2.24, 2.45) is 7.05 Å². The number of halogens is 1. The van der Waals surface area contributed by atoms with E-state index in [0.717, 1.165) is 30.1 Å². The molecule has 0 spiro atoms. The summed E-state index contributed by atoms with van der Waals surface area (Å²) in [6.45, 7) is 1.59. The number of nitrogens with zero attached hydrogens (tertiary/aromatic N) is 4. The largest absolute Gasteiger partial charge is 0.311 e. The van der Waals surface area contributed by atoms with Gasteiger partial charge in [-0.05, 0) is 15.9 Å². The highest BCUT2D eigenvalue weighted by molar-refractivity contribution is 9.10. The van der Waals surface area contributed by atoms with Crippen LogP contribution in [0.25, 0.3) is 0 Å². The highest BCUT2D eigenvalue weighted by atomic mass is 79.9. The quantitative estimate of drug-likeness (QED) is 0.805. The fraction of sp³-hybridized carbons (Fsp3) is 0.444. The van der Waals surface area contributed by atoms with Crippen LogP contribution in [0.5, 0.6) is 0 Å². The molecule has 0 fully saturated rings. The number of hydrogen-bond donors (Lipinski definition) is 2. The first kappa shape index (κ1) is 13.9. The van der Waals surface area contributed by atoms with E-state index in [-0.39, 0.29) is 9.63 Å². The van der Waals surface area contributed by atoms with Crippen molar-refractivity contribution in [2.75, 3.05) is 11.3 Å². The molecule has 0 amide bonds. The van der Waals surface area contributed by atoms with Crippen molar-refractivity contribution in [1.82, 2.24) is 25.3 Å². The van der Waals surface area contributed by atoms with E-state index < -0.39 is 10.0 Å². The highest BCUT2D eigenvalue weighted by Crippen LogP contribution is 2.28. The minimum absolute atomic E-state index is 0.0243. The predicted octanol–water partition coefficient (Wildman–Crippen LogP) is 0.481. The predicted molar refractivity (Wildman–Crippen MR) is 77.0 cm³/mol. The van der Waals surface area contributed by atoms with Gasteiger partial charge >= 0.3 is 0 Å². The van der Waals surface area contributed by atoms with E-state index in [0.29, 0.717) is 5.13 Å². The number of rotatable bonds is 3. The monoisotopic (exact) mass is 378 g/mol. The van der Waals surface area contributed by atoms with Gasteiger partial charge in [-0.3, -0.25) is 4.72 Å². The lowest BCUT2D eigenvalue weighted by Gasteiger charge is -2.09. The number of hydrogen-bond acceptors (Lipinski definition) is 7. The Balaban J connectivity index is 1.92. The lowest BCUT2D eigenvalue weighted by atomic mass is 10.2. The maximum atomic E-state index is 12.3. The highest BCUT2D eigenvalue weighted by Gasteiger charge is 2.26. The van der Waals surface area contributed by atoms with Crippen LogP contribution in [0.4, 0.5) is 5.13 Å². The van der Waals surface area contributed by atoms with Gasteiger partial charge in [0.1, 0.15) is 0 Å². The maximum absolute atomic E-state index is 12.3. The molecule has 0 aliphatic carbocycles. The summed E-state index contributed by atoms with van der Waals surface area (Å²) in [7, 11) is -2.25. The fourth-order valence-corrected chi connectivity index (χ4v) is 5.25. The van der Waals surface area contributed by atoms with Crippen molar-refractivity contribution in [1.29, 1.82) is 0 Å². The number of fused-ring (bicyclic) bond motifs is 1. The first-order chi connectivity index (χ1) is 9.47. The van der Waals surface area contributed by atoms with Crippen LogP contribution in [0.3, 0.4) is 0 Å². The molecule has 11 heteroatoms. The van der Waals surface area contributed by atoms with Crippen LogP contribution in [0.1, 0.15) is 10.6 Å². The molecule has 0 atom stereocenters. The summed E-state index contributed by atoms with van der Waals surface area (Å²) in [5.74, 6) is 0. The fourth-order valence-electron chi connectivity index (χ4n) is 1.94. The number of aromatic nitrogens is 4. The summed E-state index contributed by atoms with van der Waals surface area (Å²) in [6.07, 6.45) is 0.810. The molecule has 0 saturated carbocycles. The normalized spacial score (nSPS) is 15.1. The lowest BCUT2D eigenvalue weighted by Crippen LogP contribution is -2.22. The Kier molecular flexibility index (Phi) is 3.52. The van der Waals surface area contributed by atoms with Crippen molar-refractivity contribution in [3.63, 3.8) is 0 Å². The zero-order valence-electron chi connectivity index (χ0n) is 10.4. The molecule has 2 N–H and O–H groups in total. The second kappa shape index (κ2) is 5.06. The lowest BCUT2D eigenvalue weighted by molar-refractivity contribution is 0.578.